The number of aromatic nitrogens is 1. The number of nitrogens with zero attached hydrogens (tertiary/aromatic N) is 3. The number of halogens is 1. The van der Waals surface area contributed by atoms with Crippen molar-refractivity contribution in [2.75, 3.05) is 18.4 Å². The summed E-state index contributed by atoms with van der Waals surface area (Å²) in [5.74, 6) is -0.107. The van der Waals surface area contributed by atoms with Crippen LogP contribution < -0.4 is 5.32 Å². The lowest BCUT2D eigenvalue weighted by Gasteiger charge is -2.44. The van der Waals surface area contributed by atoms with Gasteiger partial charge in [-0.2, -0.15) is 5.26 Å². The van der Waals surface area contributed by atoms with Crippen LogP contribution >= 0.6 is 11.6 Å². The van der Waals surface area contributed by atoms with E-state index in [-0.39, 0.29) is 5.91 Å². The van der Waals surface area contributed by atoms with E-state index in [9.17, 15) is 14.9 Å². The molecule has 2 aliphatic heterocycles. The van der Waals surface area contributed by atoms with Crippen LogP contribution in [0.25, 0.3) is 10.9 Å². The zero-order valence-corrected chi connectivity index (χ0v) is 18.2. The van der Waals surface area contributed by atoms with Gasteiger partial charge in [-0.3, -0.25) is 10.1 Å². The van der Waals surface area contributed by atoms with Crippen molar-refractivity contribution in [3.63, 3.8) is 0 Å². The van der Waals surface area contributed by atoms with Crippen LogP contribution in [0.4, 0.5) is 10.5 Å². The molecule has 0 aliphatic carbocycles. The van der Waals surface area contributed by atoms with Crippen molar-refractivity contribution < 1.29 is 14.3 Å². The first kappa shape index (κ1) is 20.4. The van der Waals surface area contributed by atoms with E-state index >= 15 is 0 Å². The summed E-state index contributed by atoms with van der Waals surface area (Å²) in [7, 11) is 0. The maximum Gasteiger partial charge on any atom is 0.412 e. The Morgan fingerprint density at radius 1 is 1.25 bits per heavy atom. The van der Waals surface area contributed by atoms with E-state index in [0.29, 0.717) is 36.5 Å². The maximum absolute atomic E-state index is 13.5. The molecule has 1 fully saturated rings. The Balaban J connectivity index is 1.44. The van der Waals surface area contributed by atoms with E-state index in [1.165, 1.54) is 0 Å². The molecule has 1 aromatic heterocycles. The number of hydrogen-bond acceptors (Lipinski definition) is 4. The SMILES string of the molecule is CC(C#N)n1cc(C(=O)N2CCC3(CC2)OC(=O)Nc2ccccc23)c2ccc(Cl)cc21. The van der Waals surface area contributed by atoms with Gasteiger partial charge in [0.05, 0.1) is 22.8 Å². The molecule has 1 spiro atoms. The molecule has 3 heterocycles. The molecule has 2 amide bonds. The van der Waals surface area contributed by atoms with Crippen LogP contribution in [0.3, 0.4) is 0 Å². The van der Waals surface area contributed by atoms with Crippen LogP contribution in [0, 0.1) is 11.3 Å². The molecule has 3 aromatic rings. The number of amides is 2. The van der Waals surface area contributed by atoms with Gasteiger partial charge in [-0.25, -0.2) is 4.79 Å². The molecule has 1 atom stereocenters. The van der Waals surface area contributed by atoms with Crippen LogP contribution in [0.2, 0.25) is 5.02 Å². The third-order valence-electron chi connectivity index (χ3n) is 6.43. The molecule has 1 unspecified atom stereocenters. The summed E-state index contributed by atoms with van der Waals surface area (Å²) in [6.07, 6.45) is 2.31. The van der Waals surface area contributed by atoms with Crippen molar-refractivity contribution >= 4 is 40.2 Å². The number of carbonyl (C=O) groups excluding carboxylic acids is 2. The molecule has 2 aliphatic rings. The minimum Gasteiger partial charge on any atom is -0.438 e. The third kappa shape index (κ3) is 3.19. The van der Waals surface area contributed by atoms with Gasteiger partial charge >= 0.3 is 6.09 Å². The highest BCUT2D eigenvalue weighted by atomic mass is 35.5. The highest BCUT2D eigenvalue weighted by Crippen LogP contribution is 2.43. The summed E-state index contributed by atoms with van der Waals surface area (Å²) in [6.45, 7) is 2.69. The molecule has 2 aromatic carbocycles. The summed E-state index contributed by atoms with van der Waals surface area (Å²) in [6, 6.07) is 14.8. The van der Waals surface area contributed by atoms with E-state index < -0.39 is 17.7 Å². The quantitative estimate of drug-likeness (QED) is 0.592. The number of nitrogens with one attached hydrogen (secondary N) is 1. The Labute approximate surface area is 190 Å². The first-order valence-electron chi connectivity index (χ1n) is 10.5. The monoisotopic (exact) mass is 448 g/mol. The molecular formula is C24H21ClN4O3. The Hall–Kier alpha value is -3.50. The predicted molar refractivity (Wildman–Crippen MR) is 121 cm³/mol. The highest BCUT2D eigenvalue weighted by molar-refractivity contribution is 6.31. The molecule has 5 rings (SSSR count). The van der Waals surface area contributed by atoms with E-state index in [2.05, 4.69) is 11.4 Å². The number of hydrogen-bond donors (Lipinski definition) is 1. The first-order chi connectivity index (χ1) is 15.4. The summed E-state index contributed by atoms with van der Waals surface area (Å²) < 4.78 is 7.55. The van der Waals surface area contributed by atoms with Gasteiger partial charge in [-0.1, -0.05) is 35.9 Å². The number of benzene rings is 2. The smallest absolute Gasteiger partial charge is 0.412 e. The minimum atomic E-state index is -0.730. The second-order valence-corrected chi connectivity index (χ2v) is 8.70. The number of carbonyl (C=O) groups is 2. The number of para-hydroxylation sites is 1. The number of nitriles is 1. The highest BCUT2D eigenvalue weighted by Gasteiger charge is 2.45. The van der Waals surface area contributed by atoms with E-state index in [1.54, 1.807) is 34.7 Å². The van der Waals surface area contributed by atoms with Crippen LogP contribution in [-0.4, -0.2) is 34.6 Å². The molecule has 1 saturated heterocycles. The summed E-state index contributed by atoms with van der Waals surface area (Å²) >= 11 is 6.17. The van der Waals surface area contributed by atoms with Gasteiger partial charge in [0.1, 0.15) is 11.6 Å². The number of rotatable bonds is 2. The lowest BCUT2D eigenvalue weighted by molar-refractivity contribution is -0.0331. The van der Waals surface area contributed by atoms with Gasteiger partial charge < -0.3 is 14.2 Å². The number of likely N-dealkylation sites (tertiary alicyclic amines) is 1. The van der Waals surface area contributed by atoms with Crippen molar-refractivity contribution in [2.45, 2.75) is 31.4 Å². The van der Waals surface area contributed by atoms with E-state index in [4.69, 9.17) is 16.3 Å². The van der Waals surface area contributed by atoms with Gasteiger partial charge in [0, 0.05) is 48.1 Å². The van der Waals surface area contributed by atoms with E-state index in [1.807, 2.05) is 30.3 Å². The number of ether oxygens (including phenoxy) is 1. The molecule has 1 N–H and O–H groups in total. The Morgan fingerprint density at radius 2 is 2.00 bits per heavy atom. The molecule has 32 heavy (non-hydrogen) atoms. The summed E-state index contributed by atoms with van der Waals surface area (Å²) in [5.41, 5.74) is 2.27. The first-order valence-corrected chi connectivity index (χ1v) is 10.9. The lowest BCUT2D eigenvalue weighted by atomic mass is 9.82. The number of anilines is 1. The van der Waals surface area contributed by atoms with Gasteiger partial charge in [-0.05, 0) is 25.1 Å². The molecule has 0 radical (unpaired) electrons. The van der Waals surface area contributed by atoms with Crippen molar-refractivity contribution in [3.05, 3.63) is 64.8 Å². The lowest BCUT2D eigenvalue weighted by Crippen LogP contribution is -2.49. The zero-order chi connectivity index (χ0) is 22.5. The molecular weight excluding hydrogens is 428 g/mol. The van der Waals surface area contributed by atoms with Crippen molar-refractivity contribution in [1.82, 2.24) is 9.47 Å². The molecule has 8 heteroatoms. The van der Waals surface area contributed by atoms with Gasteiger partial charge in [-0.15, -0.1) is 0 Å². The predicted octanol–water partition coefficient (Wildman–Crippen LogP) is 5.07. The normalized spacial score (nSPS) is 17.9. The van der Waals surface area contributed by atoms with Gasteiger partial charge in [0.2, 0.25) is 0 Å². The molecule has 7 nitrogen and oxygen atoms in total. The Bertz CT molecular complexity index is 1280. The molecule has 162 valence electrons. The standard InChI is InChI=1S/C24H21ClN4O3/c1-15(13-26)29-14-18(17-7-6-16(25)12-21(17)29)22(30)28-10-8-24(9-11-28)19-4-2-3-5-20(19)27-23(31)32-24/h2-7,12,14-15H,8-11H2,1H3,(H,27,31). The van der Waals surface area contributed by atoms with Crippen molar-refractivity contribution in [3.8, 4) is 6.07 Å². The fourth-order valence-corrected chi connectivity index (χ4v) is 4.91. The fraction of sp³-hybridized carbons (Fsp3) is 0.292. The van der Waals surface area contributed by atoms with Crippen LogP contribution in [0.15, 0.2) is 48.7 Å². The number of fused-ring (bicyclic) bond motifs is 3. The largest absolute Gasteiger partial charge is 0.438 e. The second kappa shape index (κ2) is 7.57. The number of piperidine rings is 1. The topological polar surface area (TPSA) is 87.4 Å². The van der Waals surface area contributed by atoms with Gasteiger partial charge in [0.15, 0.2) is 0 Å². The van der Waals surface area contributed by atoms with Crippen LogP contribution in [0.1, 0.15) is 41.7 Å². The maximum atomic E-state index is 13.5. The van der Waals surface area contributed by atoms with E-state index in [0.717, 1.165) is 22.2 Å². The fourth-order valence-electron chi connectivity index (χ4n) is 4.75. The summed E-state index contributed by atoms with van der Waals surface area (Å²) in [4.78, 5) is 27.4. The summed E-state index contributed by atoms with van der Waals surface area (Å²) in [5, 5.41) is 13.5. The minimum absolute atomic E-state index is 0.107. The molecule has 0 saturated carbocycles. The Morgan fingerprint density at radius 3 is 2.75 bits per heavy atom. The van der Waals surface area contributed by atoms with Gasteiger partial charge in [0.25, 0.3) is 5.91 Å². The van der Waals surface area contributed by atoms with Crippen LogP contribution in [0.5, 0.6) is 0 Å². The average molecular weight is 449 g/mol. The van der Waals surface area contributed by atoms with Crippen molar-refractivity contribution in [1.29, 1.82) is 5.26 Å². The second-order valence-electron chi connectivity index (χ2n) is 8.26. The van der Waals surface area contributed by atoms with Crippen LogP contribution in [-0.2, 0) is 10.3 Å². The van der Waals surface area contributed by atoms with Crippen molar-refractivity contribution in [2.24, 2.45) is 0 Å². The molecule has 0 bridgehead atoms. The zero-order valence-electron chi connectivity index (χ0n) is 17.5. The third-order valence-corrected chi connectivity index (χ3v) is 6.67. The Kier molecular flexibility index (Phi) is 4.83. The average Bonchev–Trinajstić information content (AvgIpc) is 3.17.